The molecule has 2 heterocycles. The van der Waals surface area contributed by atoms with Crippen molar-refractivity contribution < 1.29 is 18.7 Å². The maximum Gasteiger partial charge on any atom is 0.244 e. The summed E-state index contributed by atoms with van der Waals surface area (Å²) in [4.78, 5) is 17.0. The summed E-state index contributed by atoms with van der Waals surface area (Å²) in [5.74, 6) is -0.613. The lowest BCUT2D eigenvalue weighted by atomic mass is 10.0. The van der Waals surface area contributed by atoms with Crippen molar-refractivity contribution in [2.24, 2.45) is 0 Å². The number of morpholine rings is 2. The average molecular weight is 488 g/mol. The van der Waals surface area contributed by atoms with Crippen molar-refractivity contribution in [3.05, 3.63) is 70.5 Å². The maximum absolute atomic E-state index is 14.7. The van der Waals surface area contributed by atoms with E-state index in [0.29, 0.717) is 30.3 Å². The van der Waals surface area contributed by atoms with Crippen LogP contribution in [0.15, 0.2) is 48.5 Å². The zero-order valence-corrected chi connectivity index (χ0v) is 20.1. The molecule has 2 aliphatic rings. The molecule has 182 valence electrons. The number of anilines is 1. The van der Waals surface area contributed by atoms with Gasteiger partial charge in [-0.15, -0.1) is 0 Å². The van der Waals surface area contributed by atoms with Gasteiger partial charge in [0.05, 0.1) is 32.0 Å². The second kappa shape index (κ2) is 11.8. The highest BCUT2D eigenvalue weighted by molar-refractivity contribution is 6.31. The molecule has 0 radical (unpaired) electrons. The minimum absolute atomic E-state index is 0.0258. The van der Waals surface area contributed by atoms with E-state index in [0.717, 1.165) is 37.6 Å². The van der Waals surface area contributed by atoms with E-state index in [9.17, 15) is 9.18 Å². The zero-order chi connectivity index (χ0) is 23.9. The normalized spacial score (nSPS) is 20.4. The summed E-state index contributed by atoms with van der Waals surface area (Å²) in [6, 6.07) is 12.4. The van der Waals surface area contributed by atoms with E-state index < -0.39 is 0 Å². The van der Waals surface area contributed by atoms with Crippen molar-refractivity contribution in [3.63, 3.8) is 0 Å². The highest BCUT2D eigenvalue weighted by Crippen LogP contribution is 2.31. The van der Waals surface area contributed by atoms with Gasteiger partial charge in [0, 0.05) is 55.1 Å². The Labute approximate surface area is 205 Å². The van der Waals surface area contributed by atoms with Crippen LogP contribution < -0.4 is 10.2 Å². The Bertz CT molecular complexity index is 975. The number of nitrogens with one attached hydrogen (secondary N) is 1. The molecule has 0 saturated carbocycles. The van der Waals surface area contributed by atoms with E-state index in [4.69, 9.17) is 21.1 Å². The van der Waals surface area contributed by atoms with Crippen molar-refractivity contribution in [1.82, 2.24) is 10.2 Å². The van der Waals surface area contributed by atoms with Gasteiger partial charge >= 0.3 is 0 Å². The fourth-order valence-electron chi connectivity index (χ4n) is 4.42. The fraction of sp³-hybridized carbons (Fsp3) is 0.423. The fourth-order valence-corrected chi connectivity index (χ4v) is 4.71. The molecule has 2 aromatic rings. The second-order valence-electron chi connectivity index (χ2n) is 8.60. The SMILES string of the molecule is CC1CN(C(CNC(=O)C=Cc2ccc(N3CCOCC3)cc2)c2c(F)cccc2Cl)CCO1. The molecule has 8 heteroatoms. The number of carbonyl (C=O) groups is 1. The van der Waals surface area contributed by atoms with Gasteiger partial charge in [-0.05, 0) is 42.8 Å². The minimum atomic E-state index is -0.384. The van der Waals surface area contributed by atoms with E-state index in [2.05, 4.69) is 27.2 Å². The van der Waals surface area contributed by atoms with Gasteiger partial charge in [-0.3, -0.25) is 9.69 Å². The minimum Gasteiger partial charge on any atom is -0.378 e. The van der Waals surface area contributed by atoms with E-state index in [1.165, 1.54) is 12.1 Å². The molecule has 1 amide bonds. The number of carbonyl (C=O) groups excluding carboxylic acids is 1. The lowest BCUT2D eigenvalue weighted by Gasteiger charge is -2.38. The Hall–Kier alpha value is -2.45. The third-order valence-corrected chi connectivity index (χ3v) is 6.54. The smallest absolute Gasteiger partial charge is 0.244 e. The van der Waals surface area contributed by atoms with Crippen LogP contribution in [-0.2, 0) is 14.3 Å². The highest BCUT2D eigenvalue weighted by Gasteiger charge is 2.29. The summed E-state index contributed by atoms with van der Waals surface area (Å²) in [5, 5.41) is 3.28. The number of hydrogen-bond donors (Lipinski definition) is 1. The molecule has 2 saturated heterocycles. The van der Waals surface area contributed by atoms with E-state index >= 15 is 0 Å². The molecule has 2 unspecified atom stereocenters. The van der Waals surface area contributed by atoms with Gasteiger partial charge < -0.3 is 19.7 Å². The molecule has 2 fully saturated rings. The van der Waals surface area contributed by atoms with Crippen LogP contribution in [0.25, 0.3) is 6.08 Å². The molecular weight excluding hydrogens is 457 g/mol. The van der Waals surface area contributed by atoms with E-state index in [-0.39, 0.29) is 30.4 Å². The van der Waals surface area contributed by atoms with Crippen molar-refractivity contribution in [2.75, 3.05) is 57.4 Å². The van der Waals surface area contributed by atoms with Crippen LogP contribution in [-0.4, -0.2) is 69.5 Å². The summed E-state index contributed by atoms with van der Waals surface area (Å²) in [5.41, 5.74) is 2.48. The Morgan fingerprint density at radius 2 is 1.94 bits per heavy atom. The Morgan fingerprint density at radius 1 is 1.18 bits per heavy atom. The number of nitrogens with zero attached hydrogens (tertiary/aromatic N) is 2. The largest absolute Gasteiger partial charge is 0.378 e. The third kappa shape index (κ3) is 6.36. The molecule has 2 atom stereocenters. The van der Waals surface area contributed by atoms with E-state index in [1.807, 2.05) is 19.1 Å². The molecule has 0 aromatic heterocycles. The average Bonchev–Trinajstić information content (AvgIpc) is 2.85. The molecule has 0 aliphatic carbocycles. The Kier molecular flexibility index (Phi) is 8.56. The van der Waals surface area contributed by atoms with Crippen LogP contribution in [0.3, 0.4) is 0 Å². The molecule has 1 N–H and O–H groups in total. The lowest BCUT2D eigenvalue weighted by Crippen LogP contribution is -2.46. The van der Waals surface area contributed by atoms with Crippen LogP contribution in [0, 0.1) is 5.82 Å². The maximum atomic E-state index is 14.7. The van der Waals surface area contributed by atoms with Crippen molar-refractivity contribution >= 4 is 29.3 Å². The molecule has 6 nitrogen and oxygen atoms in total. The standard InChI is InChI=1S/C26H31ClFN3O3/c1-19-18-31(13-16-34-19)24(26-22(27)3-2-4-23(26)28)17-29-25(32)10-7-20-5-8-21(9-6-20)30-11-14-33-15-12-30/h2-10,19,24H,11-18H2,1H3,(H,29,32). The van der Waals surface area contributed by atoms with Crippen molar-refractivity contribution in [3.8, 4) is 0 Å². The number of rotatable bonds is 7. The summed E-state index contributed by atoms with van der Waals surface area (Å²) in [6.07, 6.45) is 3.31. The predicted octanol–water partition coefficient (Wildman–Crippen LogP) is 3.91. The Balaban J connectivity index is 1.40. The van der Waals surface area contributed by atoms with Gasteiger partial charge in [0.15, 0.2) is 0 Å². The number of ether oxygens (including phenoxy) is 2. The van der Waals surface area contributed by atoms with Gasteiger partial charge in [0.25, 0.3) is 0 Å². The highest BCUT2D eigenvalue weighted by atomic mass is 35.5. The first-order valence-electron chi connectivity index (χ1n) is 11.7. The van der Waals surface area contributed by atoms with Crippen molar-refractivity contribution in [1.29, 1.82) is 0 Å². The summed E-state index contributed by atoms with van der Waals surface area (Å²) in [7, 11) is 0. The number of halogens is 2. The van der Waals surface area contributed by atoms with Gasteiger partial charge in [-0.25, -0.2) is 4.39 Å². The predicted molar refractivity (Wildman–Crippen MR) is 133 cm³/mol. The van der Waals surface area contributed by atoms with Gasteiger partial charge in [-0.2, -0.15) is 0 Å². The lowest BCUT2D eigenvalue weighted by molar-refractivity contribution is -0.116. The quantitative estimate of drug-likeness (QED) is 0.600. The van der Waals surface area contributed by atoms with Gasteiger partial charge in [0.1, 0.15) is 5.82 Å². The topological polar surface area (TPSA) is 54.0 Å². The zero-order valence-electron chi connectivity index (χ0n) is 19.4. The number of amides is 1. The molecule has 4 rings (SSSR count). The summed E-state index contributed by atoms with van der Waals surface area (Å²) in [6.45, 7) is 7.30. The van der Waals surface area contributed by atoms with Gasteiger partial charge in [0.2, 0.25) is 5.91 Å². The van der Waals surface area contributed by atoms with Crippen molar-refractivity contribution in [2.45, 2.75) is 19.1 Å². The van der Waals surface area contributed by atoms with Crippen LogP contribution in [0.2, 0.25) is 5.02 Å². The van der Waals surface area contributed by atoms with Crippen LogP contribution in [0.4, 0.5) is 10.1 Å². The van der Waals surface area contributed by atoms with Crippen LogP contribution >= 0.6 is 11.6 Å². The molecule has 2 aliphatic heterocycles. The first-order valence-corrected chi connectivity index (χ1v) is 12.1. The molecule has 0 bridgehead atoms. The molecule has 0 spiro atoms. The Morgan fingerprint density at radius 3 is 2.65 bits per heavy atom. The number of benzene rings is 2. The van der Waals surface area contributed by atoms with Gasteiger partial charge in [-0.1, -0.05) is 29.8 Å². The first kappa shape index (κ1) is 24.7. The van der Waals surface area contributed by atoms with E-state index in [1.54, 1.807) is 18.2 Å². The first-order chi connectivity index (χ1) is 16.5. The van der Waals surface area contributed by atoms with Crippen LogP contribution in [0.5, 0.6) is 0 Å². The summed E-state index contributed by atoms with van der Waals surface area (Å²) < 4.78 is 25.8. The number of hydrogen-bond acceptors (Lipinski definition) is 5. The molecule has 34 heavy (non-hydrogen) atoms. The second-order valence-corrected chi connectivity index (χ2v) is 9.00. The third-order valence-electron chi connectivity index (χ3n) is 6.21. The molecule has 2 aromatic carbocycles. The van der Waals surface area contributed by atoms with Crippen LogP contribution in [0.1, 0.15) is 24.1 Å². The monoisotopic (exact) mass is 487 g/mol. The molecular formula is C26H31ClFN3O3. The summed E-state index contributed by atoms with van der Waals surface area (Å²) >= 11 is 6.37.